The van der Waals surface area contributed by atoms with E-state index in [0.717, 1.165) is 37.7 Å². The van der Waals surface area contributed by atoms with Gasteiger partial charge in [-0.15, -0.1) is 0 Å². The van der Waals surface area contributed by atoms with Crippen LogP contribution in [0.25, 0.3) is 0 Å². The number of nitrogens with zero attached hydrogens (tertiary/aromatic N) is 3. The van der Waals surface area contributed by atoms with Gasteiger partial charge in [-0.2, -0.15) is 5.10 Å². The van der Waals surface area contributed by atoms with Crippen LogP contribution in [0.15, 0.2) is 6.20 Å². The molecule has 2 fully saturated rings. The van der Waals surface area contributed by atoms with E-state index in [1.165, 1.54) is 19.3 Å². The summed E-state index contributed by atoms with van der Waals surface area (Å²) >= 11 is 0. The maximum Gasteiger partial charge on any atom is 0.341 e. The second-order valence-electron chi connectivity index (χ2n) is 6.16. The first-order valence-electron chi connectivity index (χ1n) is 8.16. The fourth-order valence-electron chi connectivity index (χ4n) is 3.45. The second-order valence-corrected chi connectivity index (χ2v) is 6.16. The van der Waals surface area contributed by atoms with Crippen molar-refractivity contribution in [3.05, 3.63) is 17.5 Å². The fourth-order valence-corrected chi connectivity index (χ4v) is 3.45. The van der Waals surface area contributed by atoms with E-state index in [2.05, 4.69) is 10.00 Å². The van der Waals surface area contributed by atoms with Crippen LogP contribution in [0.3, 0.4) is 0 Å². The number of carbonyl (C=O) groups excluding carboxylic acids is 1. The molecule has 0 atom stereocenters. The Morgan fingerprint density at radius 2 is 2.00 bits per heavy atom. The lowest BCUT2D eigenvalue weighted by Gasteiger charge is -2.41. The van der Waals surface area contributed by atoms with Crippen LogP contribution in [-0.4, -0.2) is 46.4 Å². The average molecular weight is 291 g/mol. The van der Waals surface area contributed by atoms with Gasteiger partial charge in [0.2, 0.25) is 0 Å². The van der Waals surface area contributed by atoms with Crippen molar-refractivity contribution in [1.82, 2.24) is 14.7 Å². The fraction of sp³-hybridized carbons (Fsp3) is 0.750. The highest BCUT2D eigenvalue weighted by molar-refractivity contribution is 5.90. The summed E-state index contributed by atoms with van der Waals surface area (Å²) in [7, 11) is 0. The lowest BCUT2D eigenvalue weighted by molar-refractivity contribution is 0.0525. The number of likely N-dealkylation sites (tertiary alicyclic amines) is 1. The minimum absolute atomic E-state index is 0.256. The van der Waals surface area contributed by atoms with Gasteiger partial charge in [-0.1, -0.05) is 6.42 Å². The summed E-state index contributed by atoms with van der Waals surface area (Å²) in [5.41, 5.74) is 1.55. The van der Waals surface area contributed by atoms with E-state index in [1.54, 1.807) is 6.20 Å². The number of aromatic nitrogens is 2. The average Bonchev–Trinajstić information content (AvgIpc) is 2.80. The number of piperidine rings is 1. The maximum atomic E-state index is 11.9. The highest BCUT2D eigenvalue weighted by Gasteiger charge is 2.30. The molecule has 1 aromatic heterocycles. The third-order valence-corrected chi connectivity index (χ3v) is 4.98. The largest absolute Gasteiger partial charge is 0.462 e. The molecule has 1 aromatic rings. The van der Waals surface area contributed by atoms with E-state index in [1.807, 2.05) is 18.5 Å². The normalized spacial score (nSPS) is 21.2. The van der Waals surface area contributed by atoms with Crippen molar-refractivity contribution < 1.29 is 9.53 Å². The molecule has 0 N–H and O–H groups in total. The SMILES string of the molecule is CCOC(=O)c1cnn(C2CCN(C3CCC3)CC2)c1C. The lowest BCUT2D eigenvalue weighted by atomic mass is 9.89. The first-order chi connectivity index (χ1) is 10.2. The van der Waals surface area contributed by atoms with E-state index in [-0.39, 0.29) is 5.97 Å². The van der Waals surface area contributed by atoms with Gasteiger partial charge in [0, 0.05) is 19.1 Å². The van der Waals surface area contributed by atoms with Crippen LogP contribution in [0, 0.1) is 6.92 Å². The van der Waals surface area contributed by atoms with Gasteiger partial charge in [0.05, 0.1) is 24.5 Å². The molecule has 2 aliphatic rings. The molecule has 21 heavy (non-hydrogen) atoms. The van der Waals surface area contributed by atoms with Gasteiger partial charge in [-0.3, -0.25) is 4.68 Å². The first-order valence-corrected chi connectivity index (χ1v) is 8.16. The molecule has 1 saturated heterocycles. The van der Waals surface area contributed by atoms with Gasteiger partial charge in [-0.05, 0) is 39.5 Å². The van der Waals surface area contributed by atoms with Crippen LogP contribution < -0.4 is 0 Å². The van der Waals surface area contributed by atoms with Crippen molar-refractivity contribution in [2.24, 2.45) is 0 Å². The van der Waals surface area contributed by atoms with Gasteiger partial charge in [0.15, 0.2) is 0 Å². The molecule has 0 unspecified atom stereocenters. The van der Waals surface area contributed by atoms with Crippen LogP contribution in [0.1, 0.15) is 61.1 Å². The topological polar surface area (TPSA) is 47.4 Å². The Labute approximate surface area is 126 Å². The highest BCUT2D eigenvalue weighted by atomic mass is 16.5. The Hall–Kier alpha value is -1.36. The van der Waals surface area contributed by atoms with Crippen LogP contribution in [-0.2, 0) is 4.74 Å². The van der Waals surface area contributed by atoms with Gasteiger partial charge in [0.1, 0.15) is 5.56 Å². The molecule has 0 spiro atoms. The third-order valence-electron chi connectivity index (χ3n) is 4.98. The summed E-state index contributed by atoms with van der Waals surface area (Å²) in [4.78, 5) is 14.5. The van der Waals surface area contributed by atoms with Crippen LogP contribution >= 0.6 is 0 Å². The maximum absolute atomic E-state index is 11.9. The quantitative estimate of drug-likeness (QED) is 0.800. The summed E-state index contributed by atoms with van der Waals surface area (Å²) in [5, 5.41) is 4.44. The van der Waals surface area contributed by atoms with E-state index < -0.39 is 0 Å². The zero-order chi connectivity index (χ0) is 14.8. The van der Waals surface area contributed by atoms with E-state index >= 15 is 0 Å². The molecular weight excluding hydrogens is 266 g/mol. The van der Waals surface area contributed by atoms with Gasteiger partial charge >= 0.3 is 5.97 Å². The Morgan fingerprint density at radius 3 is 2.57 bits per heavy atom. The van der Waals surface area contributed by atoms with Gasteiger partial charge in [0.25, 0.3) is 0 Å². The summed E-state index contributed by atoms with van der Waals surface area (Å²) in [5.74, 6) is -0.256. The standard InChI is InChI=1S/C16H25N3O2/c1-3-21-16(20)15-11-17-19(12(15)2)14-7-9-18(10-8-14)13-5-4-6-13/h11,13-14H,3-10H2,1-2H3. The molecule has 0 aromatic carbocycles. The number of ether oxygens (including phenoxy) is 1. The zero-order valence-electron chi connectivity index (χ0n) is 13.0. The molecule has 1 saturated carbocycles. The lowest BCUT2D eigenvalue weighted by Crippen LogP contribution is -2.45. The molecule has 0 amide bonds. The predicted molar refractivity (Wildman–Crippen MR) is 80.4 cm³/mol. The smallest absolute Gasteiger partial charge is 0.341 e. The van der Waals surface area contributed by atoms with Crippen molar-refractivity contribution >= 4 is 5.97 Å². The molecule has 2 heterocycles. The Morgan fingerprint density at radius 1 is 1.29 bits per heavy atom. The minimum atomic E-state index is -0.256. The van der Waals surface area contributed by atoms with Gasteiger partial charge < -0.3 is 9.64 Å². The Kier molecular flexibility index (Phi) is 4.29. The van der Waals surface area contributed by atoms with Crippen LogP contribution in [0.5, 0.6) is 0 Å². The number of hydrogen-bond acceptors (Lipinski definition) is 4. The summed E-state index contributed by atoms with van der Waals surface area (Å²) in [6.07, 6.45) is 8.05. The van der Waals surface area contributed by atoms with E-state index in [0.29, 0.717) is 18.2 Å². The molecular formula is C16H25N3O2. The van der Waals surface area contributed by atoms with Crippen molar-refractivity contribution in [3.63, 3.8) is 0 Å². The highest BCUT2D eigenvalue weighted by Crippen LogP contribution is 2.31. The summed E-state index contributed by atoms with van der Waals surface area (Å²) in [6.45, 7) is 6.52. The van der Waals surface area contributed by atoms with Crippen molar-refractivity contribution in [1.29, 1.82) is 0 Å². The number of rotatable bonds is 4. The predicted octanol–water partition coefficient (Wildman–Crippen LogP) is 2.56. The molecule has 1 aliphatic heterocycles. The molecule has 3 rings (SSSR count). The molecule has 1 aliphatic carbocycles. The van der Waals surface area contributed by atoms with Crippen molar-refractivity contribution in [3.8, 4) is 0 Å². The minimum Gasteiger partial charge on any atom is -0.462 e. The van der Waals surface area contributed by atoms with Crippen molar-refractivity contribution in [2.75, 3.05) is 19.7 Å². The van der Waals surface area contributed by atoms with E-state index in [4.69, 9.17) is 4.74 Å². The van der Waals surface area contributed by atoms with Crippen LogP contribution in [0.2, 0.25) is 0 Å². The summed E-state index contributed by atoms with van der Waals surface area (Å²) in [6, 6.07) is 1.25. The molecule has 0 bridgehead atoms. The molecule has 5 heteroatoms. The summed E-state index contributed by atoms with van der Waals surface area (Å²) < 4.78 is 7.11. The Bertz CT molecular complexity index is 500. The molecule has 116 valence electrons. The van der Waals surface area contributed by atoms with E-state index in [9.17, 15) is 4.79 Å². The van der Waals surface area contributed by atoms with Crippen LogP contribution in [0.4, 0.5) is 0 Å². The number of carbonyl (C=O) groups is 1. The monoisotopic (exact) mass is 291 g/mol. The second kappa shape index (κ2) is 6.18. The molecule has 0 radical (unpaired) electrons. The van der Waals surface area contributed by atoms with Gasteiger partial charge in [-0.25, -0.2) is 4.79 Å². The zero-order valence-corrected chi connectivity index (χ0v) is 13.0. The number of hydrogen-bond donors (Lipinski definition) is 0. The number of esters is 1. The van der Waals surface area contributed by atoms with Crippen molar-refractivity contribution in [2.45, 2.75) is 58.0 Å². The third kappa shape index (κ3) is 2.84. The Balaban J connectivity index is 1.64. The first kappa shape index (κ1) is 14.6. The molecule has 5 nitrogen and oxygen atoms in total.